The number of hydrogen-bond donors (Lipinski definition) is 1. The average Bonchev–Trinajstić information content (AvgIpc) is 3.36. The first-order valence-corrected chi connectivity index (χ1v) is 8.85. The number of fused-ring (bicyclic) bond motifs is 1. The van der Waals surface area contributed by atoms with E-state index in [0.717, 1.165) is 10.7 Å². The molecule has 8 nitrogen and oxygen atoms in total. The summed E-state index contributed by atoms with van der Waals surface area (Å²) in [6.07, 6.45) is 5.33. The van der Waals surface area contributed by atoms with E-state index in [1.807, 2.05) is 22.2 Å². The lowest BCUT2D eigenvalue weighted by Gasteiger charge is -2.34. The third-order valence-electron chi connectivity index (χ3n) is 4.15. The van der Waals surface area contributed by atoms with Gasteiger partial charge in [0.2, 0.25) is 0 Å². The fourth-order valence-corrected chi connectivity index (χ4v) is 3.53. The molecule has 1 aliphatic rings. The number of thiazole rings is 1. The standard InChI is InChI=1S/C16H17N5O3S/c22-14(13-2-1-8-24-13)19-3-5-20(6-4-19)15(23)17-10-12-11-21-7-9-25-16(21)18-12/h1-2,7-9,11H,3-6,10H2,(H,17,23). The monoisotopic (exact) mass is 359 g/mol. The molecule has 3 aromatic rings. The molecule has 1 saturated heterocycles. The van der Waals surface area contributed by atoms with Gasteiger partial charge in [0.1, 0.15) is 0 Å². The Hall–Kier alpha value is -2.81. The van der Waals surface area contributed by atoms with Crippen LogP contribution in [0.3, 0.4) is 0 Å². The quantitative estimate of drug-likeness (QED) is 0.771. The van der Waals surface area contributed by atoms with Crippen LogP contribution in [0.2, 0.25) is 0 Å². The van der Waals surface area contributed by atoms with Crippen molar-refractivity contribution in [2.75, 3.05) is 26.2 Å². The van der Waals surface area contributed by atoms with E-state index < -0.39 is 0 Å². The van der Waals surface area contributed by atoms with E-state index in [1.54, 1.807) is 33.3 Å². The second-order valence-electron chi connectivity index (χ2n) is 5.74. The molecule has 0 radical (unpaired) electrons. The highest BCUT2D eigenvalue weighted by molar-refractivity contribution is 7.15. The number of carbonyl (C=O) groups is 2. The molecular weight excluding hydrogens is 342 g/mol. The highest BCUT2D eigenvalue weighted by Crippen LogP contribution is 2.12. The van der Waals surface area contributed by atoms with Gasteiger partial charge in [-0.2, -0.15) is 0 Å². The second kappa shape index (κ2) is 6.60. The minimum Gasteiger partial charge on any atom is -0.459 e. The Morgan fingerprint density at radius 3 is 2.76 bits per heavy atom. The molecule has 4 heterocycles. The van der Waals surface area contributed by atoms with E-state index in [0.29, 0.717) is 38.5 Å². The Morgan fingerprint density at radius 2 is 2.04 bits per heavy atom. The Morgan fingerprint density at radius 1 is 1.24 bits per heavy atom. The minimum absolute atomic E-state index is 0.136. The number of rotatable bonds is 3. The van der Waals surface area contributed by atoms with Crippen molar-refractivity contribution in [2.24, 2.45) is 0 Å². The molecule has 9 heteroatoms. The summed E-state index contributed by atoms with van der Waals surface area (Å²) < 4.78 is 7.07. The lowest BCUT2D eigenvalue weighted by Crippen LogP contribution is -2.53. The largest absolute Gasteiger partial charge is 0.459 e. The number of piperazine rings is 1. The minimum atomic E-state index is -0.138. The Labute approximate surface area is 147 Å². The number of amides is 3. The van der Waals surface area contributed by atoms with Crippen LogP contribution in [0.1, 0.15) is 16.2 Å². The Balaban J connectivity index is 1.27. The second-order valence-corrected chi connectivity index (χ2v) is 6.61. The molecule has 1 aliphatic heterocycles. The molecule has 0 aliphatic carbocycles. The zero-order valence-corrected chi connectivity index (χ0v) is 14.2. The van der Waals surface area contributed by atoms with Gasteiger partial charge in [-0.15, -0.1) is 11.3 Å². The fraction of sp³-hybridized carbons (Fsp3) is 0.312. The zero-order chi connectivity index (χ0) is 17.2. The summed E-state index contributed by atoms with van der Waals surface area (Å²) in [5.74, 6) is 0.195. The summed E-state index contributed by atoms with van der Waals surface area (Å²) in [6.45, 7) is 2.37. The molecule has 0 aromatic carbocycles. The van der Waals surface area contributed by atoms with Crippen LogP contribution in [0, 0.1) is 0 Å². The molecular formula is C16H17N5O3S. The van der Waals surface area contributed by atoms with Crippen molar-refractivity contribution < 1.29 is 14.0 Å². The number of imidazole rings is 1. The van der Waals surface area contributed by atoms with Crippen molar-refractivity contribution in [3.8, 4) is 0 Å². The predicted octanol–water partition coefficient (Wildman–Crippen LogP) is 1.66. The third-order valence-corrected chi connectivity index (χ3v) is 4.92. The molecule has 25 heavy (non-hydrogen) atoms. The number of nitrogens with zero attached hydrogens (tertiary/aromatic N) is 4. The zero-order valence-electron chi connectivity index (χ0n) is 13.4. The molecule has 1 fully saturated rings. The maximum Gasteiger partial charge on any atom is 0.317 e. The first kappa shape index (κ1) is 15.7. The fourth-order valence-electron chi connectivity index (χ4n) is 2.81. The van der Waals surface area contributed by atoms with E-state index >= 15 is 0 Å². The summed E-state index contributed by atoms with van der Waals surface area (Å²) in [5.41, 5.74) is 0.826. The molecule has 0 atom stereocenters. The van der Waals surface area contributed by atoms with Gasteiger partial charge in [-0.1, -0.05) is 0 Å². The van der Waals surface area contributed by atoms with E-state index in [2.05, 4.69) is 10.3 Å². The summed E-state index contributed by atoms with van der Waals surface area (Å²) in [5, 5.41) is 4.85. The first-order chi connectivity index (χ1) is 12.2. The van der Waals surface area contributed by atoms with Crippen molar-refractivity contribution in [3.05, 3.63) is 47.6 Å². The Kier molecular flexibility index (Phi) is 4.14. The van der Waals surface area contributed by atoms with E-state index in [1.165, 1.54) is 6.26 Å². The van der Waals surface area contributed by atoms with E-state index in [-0.39, 0.29) is 11.9 Å². The maximum absolute atomic E-state index is 12.3. The SMILES string of the molecule is O=C(NCc1cn2ccsc2n1)N1CCN(C(=O)c2ccco2)CC1. The van der Waals surface area contributed by atoms with Crippen molar-refractivity contribution in [1.82, 2.24) is 24.5 Å². The highest BCUT2D eigenvalue weighted by Gasteiger charge is 2.25. The third kappa shape index (κ3) is 3.22. The molecule has 0 spiro atoms. The smallest absolute Gasteiger partial charge is 0.317 e. The normalized spacial score (nSPS) is 14.9. The number of nitrogens with one attached hydrogen (secondary N) is 1. The van der Waals surface area contributed by atoms with Gasteiger partial charge in [0.25, 0.3) is 5.91 Å². The lowest BCUT2D eigenvalue weighted by atomic mass is 10.3. The van der Waals surface area contributed by atoms with Gasteiger partial charge in [-0.3, -0.25) is 9.20 Å². The summed E-state index contributed by atoms with van der Waals surface area (Å²) in [4.78, 5) is 33.3. The first-order valence-electron chi connectivity index (χ1n) is 7.97. The number of furan rings is 1. The van der Waals surface area contributed by atoms with Crippen LogP contribution in [-0.4, -0.2) is 57.3 Å². The lowest BCUT2D eigenvalue weighted by molar-refractivity contribution is 0.0634. The molecule has 0 saturated carbocycles. The molecule has 130 valence electrons. The molecule has 3 amide bonds. The highest BCUT2D eigenvalue weighted by atomic mass is 32.1. The Bertz CT molecular complexity index is 848. The average molecular weight is 359 g/mol. The van der Waals surface area contributed by atoms with Crippen LogP contribution in [0.5, 0.6) is 0 Å². The van der Waals surface area contributed by atoms with Crippen molar-refractivity contribution >= 4 is 28.2 Å². The number of carbonyl (C=O) groups excluding carboxylic acids is 2. The van der Waals surface area contributed by atoms with Gasteiger partial charge in [0.15, 0.2) is 10.7 Å². The summed E-state index contributed by atoms with van der Waals surface area (Å²) >= 11 is 1.56. The molecule has 0 bridgehead atoms. The number of aromatic nitrogens is 2. The number of urea groups is 1. The molecule has 1 N–H and O–H groups in total. The van der Waals surface area contributed by atoms with Gasteiger partial charge in [-0.25, -0.2) is 9.78 Å². The van der Waals surface area contributed by atoms with Crippen LogP contribution in [-0.2, 0) is 6.54 Å². The topological polar surface area (TPSA) is 83.1 Å². The molecule has 0 unspecified atom stereocenters. The van der Waals surface area contributed by atoms with Crippen LogP contribution in [0.15, 0.2) is 40.6 Å². The van der Waals surface area contributed by atoms with Gasteiger partial charge >= 0.3 is 6.03 Å². The molecule has 4 rings (SSSR count). The van der Waals surface area contributed by atoms with E-state index in [9.17, 15) is 9.59 Å². The van der Waals surface area contributed by atoms with Crippen molar-refractivity contribution in [1.29, 1.82) is 0 Å². The van der Waals surface area contributed by atoms with Gasteiger partial charge in [0, 0.05) is 44.0 Å². The summed E-state index contributed by atoms with van der Waals surface area (Å²) in [7, 11) is 0. The van der Waals surface area contributed by atoms with Gasteiger partial charge in [0.05, 0.1) is 18.5 Å². The van der Waals surface area contributed by atoms with Gasteiger partial charge < -0.3 is 19.5 Å². The van der Waals surface area contributed by atoms with Crippen LogP contribution in [0.4, 0.5) is 4.79 Å². The van der Waals surface area contributed by atoms with Crippen LogP contribution in [0.25, 0.3) is 4.96 Å². The van der Waals surface area contributed by atoms with Crippen molar-refractivity contribution in [3.63, 3.8) is 0 Å². The van der Waals surface area contributed by atoms with E-state index in [4.69, 9.17) is 4.42 Å². The van der Waals surface area contributed by atoms with Crippen molar-refractivity contribution in [2.45, 2.75) is 6.54 Å². The number of hydrogen-bond acceptors (Lipinski definition) is 5. The maximum atomic E-state index is 12.3. The van der Waals surface area contributed by atoms with Crippen LogP contribution >= 0.6 is 11.3 Å². The molecule has 3 aromatic heterocycles. The van der Waals surface area contributed by atoms with Gasteiger partial charge in [-0.05, 0) is 12.1 Å². The summed E-state index contributed by atoms with van der Waals surface area (Å²) in [6, 6.07) is 3.20. The van der Waals surface area contributed by atoms with Crippen LogP contribution < -0.4 is 5.32 Å². The predicted molar refractivity (Wildman–Crippen MR) is 91.5 cm³/mol.